The number of thioether (sulfide) groups is 1. The van der Waals surface area contributed by atoms with Crippen LogP contribution >= 0.6 is 11.8 Å². The Labute approximate surface area is 170 Å². The van der Waals surface area contributed by atoms with Gasteiger partial charge in [-0.25, -0.2) is 14.8 Å². The molecule has 7 heteroatoms. The van der Waals surface area contributed by atoms with Gasteiger partial charge in [-0.15, -0.1) is 0 Å². The lowest BCUT2D eigenvalue weighted by molar-refractivity contribution is -0.141. The van der Waals surface area contributed by atoms with Crippen molar-refractivity contribution >= 4 is 39.5 Å². The zero-order chi connectivity index (χ0) is 20.4. The Kier molecular flexibility index (Phi) is 5.31. The Balaban J connectivity index is 1.54. The van der Waals surface area contributed by atoms with E-state index < -0.39 is 11.6 Å². The number of ether oxygens (including phenoxy) is 1. The largest absolute Gasteiger partial charge is 0.460 e. The fourth-order valence-corrected chi connectivity index (χ4v) is 3.96. The molecule has 0 N–H and O–H groups in total. The van der Waals surface area contributed by atoms with E-state index in [2.05, 4.69) is 9.97 Å². The van der Waals surface area contributed by atoms with Crippen molar-refractivity contribution < 1.29 is 13.9 Å². The molecular weight excluding hydrogens is 388 g/mol. The van der Waals surface area contributed by atoms with E-state index in [1.165, 1.54) is 17.8 Å². The third-order valence-corrected chi connectivity index (χ3v) is 5.20. The minimum absolute atomic E-state index is 0.0107. The number of carbonyl (C=O) groups is 1. The Morgan fingerprint density at radius 2 is 1.83 bits per heavy atom. The summed E-state index contributed by atoms with van der Waals surface area (Å²) in [6.45, 7) is 3.75. The molecule has 2 aromatic heterocycles. The van der Waals surface area contributed by atoms with Crippen molar-refractivity contribution in [3.8, 4) is 0 Å². The second kappa shape index (κ2) is 8.05. The number of esters is 1. The summed E-state index contributed by atoms with van der Waals surface area (Å²) in [5.74, 6) is -0.317. The molecule has 0 aliphatic rings. The zero-order valence-electron chi connectivity index (χ0n) is 16.0. The quantitative estimate of drug-likeness (QED) is 0.162. The summed E-state index contributed by atoms with van der Waals surface area (Å²) in [4.78, 5) is 32.8. The standard InChI is InChI=1S/C22H18N2O4S/c1-13-9-14(2)24-22(23-13)29-12-20(26)27-11-16-10-19(25)28-18-8-7-15-5-3-4-6-17(15)21(16)18/h3-10H,11-12H2,1-2H3. The Hall–Kier alpha value is -3.19. The second-order valence-corrected chi connectivity index (χ2v) is 7.58. The molecule has 2 aromatic carbocycles. The lowest BCUT2D eigenvalue weighted by Crippen LogP contribution is -2.10. The number of hydrogen-bond acceptors (Lipinski definition) is 7. The van der Waals surface area contributed by atoms with Crippen LogP contribution in [0.1, 0.15) is 17.0 Å². The van der Waals surface area contributed by atoms with Gasteiger partial charge in [-0.2, -0.15) is 0 Å². The lowest BCUT2D eigenvalue weighted by atomic mass is 10.0. The summed E-state index contributed by atoms with van der Waals surface area (Å²) in [6.07, 6.45) is 0. The molecule has 4 aromatic rings. The molecule has 146 valence electrons. The van der Waals surface area contributed by atoms with Crippen molar-refractivity contribution in [2.24, 2.45) is 0 Å². The molecule has 0 amide bonds. The van der Waals surface area contributed by atoms with Crippen LogP contribution in [0.5, 0.6) is 0 Å². The van der Waals surface area contributed by atoms with Gasteiger partial charge < -0.3 is 9.15 Å². The number of aromatic nitrogens is 2. The molecule has 29 heavy (non-hydrogen) atoms. The predicted molar refractivity (Wildman–Crippen MR) is 112 cm³/mol. The van der Waals surface area contributed by atoms with Gasteiger partial charge in [-0.3, -0.25) is 4.79 Å². The highest BCUT2D eigenvalue weighted by atomic mass is 32.2. The number of carbonyl (C=O) groups excluding carboxylic acids is 1. The molecule has 0 bridgehead atoms. The van der Waals surface area contributed by atoms with E-state index in [0.29, 0.717) is 16.3 Å². The van der Waals surface area contributed by atoms with Gasteiger partial charge in [0.1, 0.15) is 12.2 Å². The molecule has 0 radical (unpaired) electrons. The molecular formula is C22H18N2O4S. The van der Waals surface area contributed by atoms with Crippen LogP contribution in [0.15, 0.2) is 62.9 Å². The number of aryl methyl sites for hydroxylation is 2. The number of nitrogens with zero attached hydrogens (tertiary/aromatic N) is 2. The highest BCUT2D eigenvalue weighted by Crippen LogP contribution is 2.28. The van der Waals surface area contributed by atoms with Crippen LogP contribution in [0.25, 0.3) is 21.7 Å². The third kappa shape index (κ3) is 4.30. The first kappa shape index (κ1) is 19.1. The zero-order valence-corrected chi connectivity index (χ0v) is 16.8. The summed E-state index contributed by atoms with van der Waals surface area (Å²) < 4.78 is 10.8. The highest BCUT2D eigenvalue weighted by molar-refractivity contribution is 7.99. The maximum absolute atomic E-state index is 12.2. The van der Waals surface area contributed by atoms with Crippen LogP contribution in [0, 0.1) is 13.8 Å². The number of benzene rings is 2. The molecule has 6 nitrogen and oxygen atoms in total. The predicted octanol–water partition coefficient (Wildman–Crippen LogP) is 4.19. The molecule has 0 atom stereocenters. The molecule has 0 aliphatic carbocycles. The van der Waals surface area contributed by atoms with Gasteiger partial charge in [0, 0.05) is 28.4 Å². The second-order valence-electron chi connectivity index (χ2n) is 6.63. The lowest BCUT2D eigenvalue weighted by Gasteiger charge is -2.09. The summed E-state index contributed by atoms with van der Waals surface area (Å²) >= 11 is 1.22. The molecule has 0 saturated heterocycles. The van der Waals surface area contributed by atoms with Gasteiger partial charge in [-0.1, -0.05) is 42.1 Å². The van der Waals surface area contributed by atoms with Crippen LogP contribution < -0.4 is 5.63 Å². The topological polar surface area (TPSA) is 82.3 Å². The summed E-state index contributed by atoms with van der Waals surface area (Å²) in [5.41, 5.74) is 2.32. The van der Waals surface area contributed by atoms with Crippen molar-refractivity contribution in [1.29, 1.82) is 0 Å². The van der Waals surface area contributed by atoms with E-state index in [4.69, 9.17) is 9.15 Å². The third-order valence-electron chi connectivity index (χ3n) is 4.38. The smallest absolute Gasteiger partial charge is 0.336 e. The number of hydrogen-bond donors (Lipinski definition) is 0. The first-order valence-electron chi connectivity index (χ1n) is 9.05. The monoisotopic (exact) mass is 406 g/mol. The first-order valence-corrected chi connectivity index (χ1v) is 10.0. The van der Waals surface area contributed by atoms with E-state index in [9.17, 15) is 9.59 Å². The van der Waals surface area contributed by atoms with E-state index in [-0.39, 0.29) is 12.4 Å². The van der Waals surface area contributed by atoms with Crippen molar-refractivity contribution in [2.75, 3.05) is 5.75 Å². The molecule has 0 unspecified atom stereocenters. The Morgan fingerprint density at radius 3 is 2.62 bits per heavy atom. The minimum Gasteiger partial charge on any atom is -0.460 e. The van der Waals surface area contributed by atoms with E-state index in [1.54, 1.807) is 6.07 Å². The Bertz CT molecular complexity index is 1260. The average molecular weight is 406 g/mol. The number of fused-ring (bicyclic) bond motifs is 3. The maximum atomic E-state index is 12.2. The van der Waals surface area contributed by atoms with Gasteiger partial charge in [0.05, 0.1) is 5.75 Å². The molecule has 4 rings (SSSR count). The first-order chi connectivity index (χ1) is 14.0. The van der Waals surface area contributed by atoms with E-state index >= 15 is 0 Å². The van der Waals surface area contributed by atoms with Gasteiger partial charge in [0.2, 0.25) is 0 Å². The van der Waals surface area contributed by atoms with Crippen LogP contribution in [-0.4, -0.2) is 21.7 Å². The summed E-state index contributed by atoms with van der Waals surface area (Å²) in [6, 6.07) is 14.7. The highest BCUT2D eigenvalue weighted by Gasteiger charge is 2.13. The molecule has 0 spiro atoms. The minimum atomic E-state index is -0.475. The molecule has 0 saturated carbocycles. The van der Waals surface area contributed by atoms with Gasteiger partial charge in [-0.05, 0) is 36.8 Å². The van der Waals surface area contributed by atoms with Crippen molar-refractivity contribution in [3.05, 3.63) is 75.9 Å². The van der Waals surface area contributed by atoms with Crippen LogP contribution in [-0.2, 0) is 16.1 Å². The SMILES string of the molecule is Cc1cc(C)nc(SCC(=O)OCc2cc(=O)oc3ccc4ccccc4c23)n1. The van der Waals surface area contributed by atoms with Crippen molar-refractivity contribution in [2.45, 2.75) is 25.6 Å². The van der Waals surface area contributed by atoms with Gasteiger partial charge >= 0.3 is 11.6 Å². The van der Waals surface area contributed by atoms with Crippen LogP contribution in [0.2, 0.25) is 0 Å². The Morgan fingerprint density at radius 1 is 1.07 bits per heavy atom. The molecule has 0 fully saturated rings. The molecule has 2 heterocycles. The molecule has 0 aliphatic heterocycles. The fourth-order valence-electron chi connectivity index (χ4n) is 3.22. The van der Waals surface area contributed by atoms with E-state index in [0.717, 1.165) is 27.5 Å². The fraction of sp³-hybridized carbons (Fsp3) is 0.182. The van der Waals surface area contributed by atoms with Gasteiger partial charge in [0.25, 0.3) is 0 Å². The van der Waals surface area contributed by atoms with Crippen LogP contribution in [0.3, 0.4) is 0 Å². The number of rotatable bonds is 5. The van der Waals surface area contributed by atoms with Crippen molar-refractivity contribution in [3.63, 3.8) is 0 Å². The van der Waals surface area contributed by atoms with Gasteiger partial charge in [0.15, 0.2) is 5.16 Å². The maximum Gasteiger partial charge on any atom is 0.336 e. The van der Waals surface area contributed by atoms with Crippen molar-refractivity contribution in [1.82, 2.24) is 9.97 Å². The average Bonchev–Trinajstić information content (AvgIpc) is 2.69. The summed E-state index contributed by atoms with van der Waals surface area (Å²) in [7, 11) is 0. The van der Waals surface area contributed by atoms with Crippen LogP contribution in [0.4, 0.5) is 0 Å². The normalized spacial score (nSPS) is 11.1. The summed E-state index contributed by atoms with van der Waals surface area (Å²) in [5, 5.41) is 3.28. The van der Waals surface area contributed by atoms with E-state index in [1.807, 2.05) is 50.2 Å².